The Labute approximate surface area is 120 Å². The highest BCUT2D eigenvalue weighted by Gasteiger charge is 2.26. The minimum atomic E-state index is -0.555. The highest BCUT2D eigenvalue weighted by molar-refractivity contribution is 6.03. The number of nitro groups is 1. The molecule has 1 atom stereocenters. The molecule has 9 nitrogen and oxygen atoms in total. The maximum atomic E-state index is 10.9. The number of rotatable bonds is 4. The van der Waals surface area contributed by atoms with Gasteiger partial charge in [0.2, 0.25) is 0 Å². The van der Waals surface area contributed by atoms with Gasteiger partial charge in [0.25, 0.3) is 5.69 Å². The highest BCUT2D eigenvalue weighted by Crippen LogP contribution is 2.28. The zero-order valence-electron chi connectivity index (χ0n) is 11.2. The summed E-state index contributed by atoms with van der Waals surface area (Å²) in [5.74, 6) is -0.225. The molecule has 1 aliphatic rings. The molecule has 0 spiro atoms. The van der Waals surface area contributed by atoms with Gasteiger partial charge in [0.05, 0.1) is 36.3 Å². The van der Waals surface area contributed by atoms with Gasteiger partial charge in [0.15, 0.2) is 5.84 Å². The number of benzene rings is 1. The van der Waals surface area contributed by atoms with Gasteiger partial charge in [-0.05, 0) is 6.07 Å². The van der Waals surface area contributed by atoms with Crippen molar-refractivity contribution >= 4 is 17.2 Å². The van der Waals surface area contributed by atoms with Crippen molar-refractivity contribution in [3.05, 3.63) is 33.9 Å². The van der Waals surface area contributed by atoms with E-state index in [0.717, 1.165) is 0 Å². The van der Waals surface area contributed by atoms with Crippen LogP contribution in [0.25, 0.3) is 0 Å². The van der Waals surface area contributed by atoms with Gasteiger partial charge >= 0.3 is 0 Å². The molecule has 1 fully saturated rings. The van der Waals surface area contributed by atoms with Gasteiger partial charge in [0.1, 0.15) is 0 Å². The molecular formula is C12H16N4O5. The Morgan fingerprint density at radius 3 is 3.00 bits per heavy atom. The van der Waals surface area contributed by atoms with Gasteiger partial charge in [-0.15, -0.1) is 0 Å². The first-order valence-electron chi connectivity index (χ1n) is 6.30. The minimum absolute atomic E-state index is 0.132. The van der Waals surface area contributed by atoms with Crippen LogP contribution in [-0.2, 0) is 4.74 Å². The fourth-order valence-electron chi connectivity index (χ4n) is 2.27. The SMILES string of the molecule is N/C(=N/O)c1cc([N+](=O)[O-])ccc1N1CCOCC1CO. The van der Waals surface area contributed by atoms with Crippen molar-refractivity contribution in [3.63, 3.8) is 0 Å². The number of oxime groups is 1. The van der Waals surface area contributed by atoms with Crippen LogP contribution in [0.3, 0.4) is 0 Å². The quantitative estimate of drug-likeness (QED) is 0.232. The van der Waals surface area contributed by atoms with E-state index in [4.69, 9.17) is 15.7 Å². The van der Waals surface area contributed by atoms with E-state index in [9.17, 15) is 15.2 Å². The van der Waals surface area contributed by atoms with Crippen molar-refractivity contribution in [1.29, 1.82) is 0 Å². The molecule has 1 aromatic rings. The number of hydrogen-bond acceptors (Lipinski definition) is 7. The van der Waals surface area contributed by atoms with Crippen molar-refractivity contribution in [2.75, 3.05) is 31.3 Å². The molecule has 0 aliphatic carbocycles. The number of amidine groups is 1. The third kappa shape index (κ3) is 3.03. The number of nitro benzene ring substituents is 1. The molecule has 0 amide bonds. The number of aliphatic hydroxyl groups excluding tert-OH is 1. The summed E-state index contributed by atoms with van der Waals surface area (Å²) < 4.78 is 5.29. The molecule has 0 bridgehead atoms. The van der Waals surface area contributed by atoms with E-state index in [1.807, 2.05) is 4.90 Å². The van der Waals surface area contributed by atoms with Gasteiger partial charge in [-0.1, -0.05) is 5.16 Å². The van der Waals surface area contributed by atoms with E-state index in [-0.39, 0.29) is 29.7 Å². The first kappa shape index (κ1) is 15.0. The standard InChI is InChI=1S/C12H16N4O5/c13-12(14-18)10-5-8(16(19)20)1-2-11(10)15-3-4-21-7-9(15)6-17/h1-2,5,9,17-18H,3-4,6-7H2,(H2,13,14). The number of anilines is 1. The molecule has 9 heteroatoms. The zero-order valence-corrected chi connectivity index (χ0v) is 11.2. The Balaban J connectivity index is 2.48. The Morgan fingerprint density at radius 2 is 2.38 bits per heavy atom. The smallest absolute Gasteiger partial charge is 0.270 e. The Hall–Kier alpha value is -2.39. The maximum absolute atomic E-state index is 10.9. The number of hydrogen-bond donors (Lipinski definition) is 3. The van der Waals surface area contributed by atoms with Crippen LogP contribution in [0.15, 0.2) is 23.4 Å². The molecule has 1 aliphatic heterocycles. The lowest BCUT2D eigenvalue weighted by atomic mass is 10.1. The van der Waals surface area contributed by atoms with Crippen LogP contribution < -0.4 is 10.6 Å². The summed E-state index contributed by atoms with van der Waals surface area (Å²) in [6.45, 7) is 1.16. The van der Waals surface area contributed by atoms with Gasteiger partial charge in [-0.2, -0.15) is 0 Å². The second-order valence-corrected chi connectivity index (χ2v) is 4.55. The number of nitrogens with zero attached hydrogens (tertiary/aromatic N) is 3. The maximum Gasteiger partial charge on any atom is 0.270 e. The molecule has 2 rings (SSSR count). The lowest BCUT2D eigenvalue weighted by molar-refractivity contribution is -0.384. The van der Waals surface area contributed by atoms with E-state index in [1.54, 1.807) is 0 Å². The van der Waals surface area contributed by atoms with Gasteiger partial charge < -0.3 is 25.7 Å². The second kappa shape index (κ2) is 6.37. The predicted molar refractivity (Wildman–Crippen MR) is 74.6 cm³/mol. The van der Waals surface area contributed by atoms with Crippen molar-refractivity contribution in [2.45, 2.75) is 6.04 Å². The summed E-state index contributed by atoms with van der Waals surface area (Å²) in [7, 11) is 0. The van der Waals surface area contributed by atoms with Crippen molar-refractivity contribution in [3.8, 4) is 0 Å². The predicted octanol–water partition coefficient (Wildman–Crippen LogP) is -0.113. The molecule has 21 heavy (non-hydrogen) atoms. The first-order chi connectivity index (χ1) is 10.1. The summed E-state index contributed by atoms with van der Waals surface area (Å²) >= 11 is 0. The van der Waals surface area contributed by atoms with Gasteiger partial charge in [-0.25, -0.2) is 0 Å². The zero-order chi connectivity index (χ0) is 15.4. The van der Waals surface area contributed by atoms with Crippen molar-refractivity contribution in [2.24, 2.45) is 10.9 Å². The molecule has 4 N–H and O–H groups in total. The largest absolute Gasteiger partial charge is 0.409 e. The van der Waals surface area contributed by atoms with Crippen LogP contribution >= 0.6 is 0 Å². The van der Waals surface area contributed by atoms with E-state index in [1.165, 1.54) is 18.2 Å². The molecular weight excluding hydrogens is 280 g/mol. The number of aliphatic hydroxyl groups is 1. The van der Waals surface area contributed by atoms with Gasteiger partial charge in [0, 0.05) is 24.4 Å². The fourth-order valence-corrected chi connectivity index (χ4v) is 2.27. The van der Waals surface area contributed by atoms with Gasteiger partial charge in [-0.3, -0.25) is 10.1 Å². The lowest BCUT2D eigenvalue weighted by Crippen LogP contribution is -2.48. The van der Waals surface area contributed by atoms with E-state index < -0.39 is 4.92 Å². The highest BCUT2D eigenvalue weighted by atomic mass is 16.6. The second-order valence-electron chi connectivity index (χ2n) is 4.55. The number of ether oxygens (including phenoxy) is 1. The molecule has 0 saturated carbocycles. The summed E-state index contributed by atoms with van der Waals surface area (Å²) in [5, 5.41) is 32.1. The average molecular weight is 296 g/mol. The number of non-ortho nitro benzene ring substituents is 1. The molecule has 114 valence electrons. The third-order valence-electron chi connectivity index (χ3n) is 3.32. The Kier molecular flexibility index (Phi) is 4.55. The van der Waals surface area contributed by atoms with Crippen LogP contribution in [0.5, 0.6) is 0 Å². The monoisotopic (exact) mass is 296 g/mol. The molecule has 1 unspecified atom stereocenters. The molecule has 1 heterocycles. The van der Waals surface area contributed by atoms with Crippen LogP contribution in [0, 0.1) is 10.1 Å². The molecule has 0 aromatic heterocycles. The summed E-state index contributed by atoms with van der Waals surface area (Å²) in [6, 6.07) is 3.83. The molecule has 1 saturated heterocycles. The summed E-state index contributed by atoms with van der Waals surface area (Å²) in [6.07, 6.45) is 0. The topological polar surface area (TPSA) is 134 Å². The van der Waals surface area contributed by atoms with Crippen molar-refractivity contribution in [1.82, 2.24) is 0 Å². The van der Waals surface area contributed by atoms with E-state index in [2.05, 4.69) is 5.16 Å². The number of nitrogens with two attached hydrogens (primary N) is 1. The average Bonchev–Trinajstić information content (AvgIpc) is 2.53. The van der Waals surface area contributed by atoms with Crippen molar-refractivity contribution < 1.29 is 20.0 Å². The first-order valence-corrected chi connectivity index (χ1v) is 6.30. The Morgan fingerprint density at radius 1 is 1.62 bits per heavy atom. The summed E-state index contributed by atoms with van der Waals surface area (Å²) in [5.41, 5.74) is 6.25. The van der Waals surface area contributed by atoms with Crippen LogP contribution in [0.4, 0.5) is 11.4 Å². The van der Waals surface area contributed by atoms with E-state index in [0.29, 0.717) is 25.4 Å². The fraction of sp³-hybridized carbons (Fsp3) is 0.417. The Bertz CT molecular complexity index is 563. The molecule has 1 aromatic carbocycles. The minimum Gasteiger partial charge on any atom is -0.409 e. The van der Waals surface area contributed by atoms with E-state index >= 15 is 0 Å². The summed E-state index contributed by atoms with van der Waals surface area (Å²) in [4.78, 5) is 12.1. The normalized spacial score (nSPS) is 19.6. The van der Waals surface area contributed by atoms with Crippen LogP contribution in [0.1, 0.15) is 5.56 Å². The third-order valence-corrected chi connectivity index (χ3v) is 3.32. The molecule has 0 radical (unpaired) electrons. The number of morpholine rings is 1. The van der Waals surface area contributed by atoms with Crippen LogP contribution in [-0.4, -0.2) is 53.5 Å². The van der Waals surface area contributed by atoms with Crippen LogP contribution in [0.2, 0.25) is 0 Å². The lowest BCUT2D eigenvalue weighted by Gasteiger charge is -2.37.